The van der Waals surface area contributed by atoms with E-state index in [9.17, 15) is 4.79 Å². The molecule has 0 N–H and O–H groups in total. The minimum Gasteiger partial charge on any atom is -0.295 e. The minimum absolute atomic E-state index is 0.404. The molecule has 0 aliphatic heterocycles. The smallest absolute Gasteiger partial charge is 0.158 e. The third kappa shape index (κ3) is 0.391. The molecule has 8 heavy (non-hydrogen) atoms. The van der Waals surface area contributed by atoms with E-state index in [0.717, 1.165) is 18.4 Å². The van der Waals surface area contributed by atoms with Crippen LogP contribution in [0, 0.1) is 5.92 Å². The quantitative estimate of drug-likeness (QED) is 0.457. The first-order chi connectivity index (χ1) is 3.86. The fourth-order valence-electron chi connectivity index (χ4n) is 1.56. The van der Waals surface area contributed by atoms with Crippen LogP contribution in [0.1, 0.15) is 19.3 Å². The maximum atomic E-state index is 10.8. The molecule has 0 aromatic heterocycles. The van der Waals surface area contributed by atoms with Crippen molar-refractivity contribution in [3.05, 3.63) is 11.6 Å². The lowest BCUT2D eigenvalue weighted by atomic mass is 10.1. The van der Waals surface area contributed by atoms with Gasteiger partial charge in [0.05, 0.1) is 0 Å². The number of ketones is 1. The van der Waals surface area contributed by atoms with Gasteiger partial charge in [0.25, 0.3) is 0 Å². The molecule has 1 fully saturated rings. The van der Waals surface area contributed by atoms with E-state index in [1.54, 1.807) is 0 Å². The second kappa shape index (κ2) is 1.22. The lowest BCUT2D eigenvalue weighted by Gasteiger charge is -1.98. The zero-order chi connectivity index (χ0) is 5.56. The highest BCUT2D eigenvalue weighted by molar-refractivity contribution is 5.98. The number of carbonyl (C=O) groups is 1. The zero-order valence-electron chi connectivity index (χ0n) is 4.68. The van der Waals surface area contributed by atoms with Crippen LogP contribution in [-0.2, 0) is 4.79 Å². The molecule has 0 saturated heterocycles. The summed E-state index contributed by atoms with van der Waals surface area (Å²) in [5.41, 5.74) is 1.11. The highest BCUT2D eigenvalue weighted by Crippen LogP contribution is 2.36. The van der Waals surface area contributed by atoms with Gasteiger partial charge in [0, 0.05) is 6.42 Å². The number of rotatable bonds is 0. The van der Waals surface area contributed by atoms with Crippen molar-refractivity contribution in [2.45, 2.75) is 19.3 Å². The van der Waals surface area contributed by atoms with Gasteiger partial charge in [-0.25, -0.2) is 0 Å². The van der Waals surface area contributed by atoms with Gasteiger partial charge in [-0.3, -0.25) is 4.79 Å². The maximum Gasteiger partial charge on any atom is 0.158 e. The van der Waals surface area contributed by atoms with Crippen molar-refractivity contribution in [1.82, 2.24) is 0 Å². The molecule has 0 radical (unpaired) electrons. The van der Waals surface area contributed by atoms with Gasteiger partial charge in [-0.15, -0.1) is 0 Å². The molecule has 0 spiro atoms. The molecular formula is C7H8O. The summed E-state index contributed by atoms with van der Waals surface area (Å²) in [7, 11) is 0. The van der Waals surface area contributed by atoms with E-state index in [-0.39, 0.29) is 0 Å². The third-order valence-corrected chi connectivity index (χ3v) is 2.04. The van der Waals surface area contributed by atoms with Gasteiger partial charge in [-0.1, -0.05) is 6.08 Å². The monoisotopic (exact) mass is 108 g/mol. The van der Waals surface area contributed by atoms with Crippen LogP contribution in [0.3, 0.4) is 0 Å². The summed E-state index contributed by atoms with van der Waals surface area (Å²) in [6.07, 6.45) is 5.18. The Labute approximate surface area is 48.4 Å². The highest BCUT2D eigenvalue weighted by Gasteiger charge is 2.30. The maximum absolute atomic E-state index is 10.8. The van der Waals surface area contributed by atoms with Crippen LogP contribution in [-0.4, -0.2) is 5.78 Å². The Kier molecular flexibility index (Phi) is 0.655. The number of hydrogen-bond acceptors (Lipinski definition) is 1. The molecule has 1 heteroatoms. The fraction of sp³-hybridized carbons (Fsp3) is 0.571. The number of carbonyl (C=O) groups excluding carboxylic acids is 1. The van der Waals surface area contributed by atoms with Gasteiger partial charge in [-0.05, 0) is 24.3 Å². The second-order valence-corrected chi connectivity index (χ2v) is 2.66. The topological polar surface area (TPSA) is 17.1 Å². The third-order valence-electron chi connectivity index (χ3n) is 2.04. The standard InChI is InChI=1S/C7H8O/c8-7-4-5-1-2-6(7)3-5/h2,5H,1,3-4H2. The summed E-state index contributed by atoms with van der Waals surface area (Å²) in [4.78, 5) is 10.8. The Bertz CT molecular complexity index is 165. The Balaban J connectivity index is 2.40. The van der Waals surface area contributed by atoms with Gasteiger partial charge in [0.1, 0.15) is 0 Å². The Morgan fingerprint density at radius 2 is 2.38 bits per heavy atom. The van der Waals surface area contributed by atoms with E-state index in [4.69, 9.17) is 0 Å². The molecule has 0 aromatic rings. The second-order valence-electron chi connectivity index (χ2n) is 2.66. The molecule has 0 amide bonds. The number of fused-ring (bicyclic) bond motifs is 2. The fourth-order valence-corrected chi connectivity index (χ4v) is 1.56. The normalized spacial score (nSPS) is 33.8. The van der Waals surface area contributed by atoms with Gasteiger partial charge in [0.2, 0.25) is 0 Å². The molecule has 2 bridgehead atoms. The SMILES string of the molecule is O=C1CC2CC=C1C2. The number of Topliss-reactive ketones (excluding diaryl/α,β-unsaturated/α-hetero) is 1. The van der Waals surface area contributed by atoms with Crippen molar-refractivity contribution in [1.29, 1.82) is 0 Å². The van der Waals surface area contributed by atoms with Gasteiger partial charge in [-0.2, -0.15) is 0 Å². The van der Waals surface area contributed by atoms with Gasteiger partial charge >= 0.3 is 0 Å². The molecule has 1 unspecified atom stereocenters. The average Bonchev–Trinajstić information content (AvgIpc) is 2.23. The van der Waals surface area contributed by atoms with Crippen LogP contribution in [0.4, 0.5) is 0 Å². The number of hydrogen-bond donors (Lipinski definition) is 0. The van der Waals surface area contributed by atoms with Crippen molar-refractivity contribution in [2.24, 2.45) is 5.92 Å². The van der Waals surface area contributed by atoms with E-state index < -0.39 is 0 Å². The highest BCUT2D eigenvalue weighted by atomic mass is 16.1. The van der Waals surface area contributed by atoms with Crippen molar-refractivity contribution >= 4 is 5.78 Å². The largest absolute Gasteiger partial charge is 0.295 e. The van der Waals surface area contributed by atoms with Crippen LogP contribution in [0.5, 0.6) is 0 Å². The molecule has 2 aliphatic rings. The summed E-state index contributed by atoms with van der Waals surface area (Å²) in [6, 6.07) is 0. The molecule has 2 aliphatic carbocycles. The summed E-state index contributed by atoms with van der Waals surface area (Å²) < 4.78 is 0. The van der Waals surface area contributed by atoms with E-state index in [2.05, 4.69) is 6.08 Å². The Morgan fingerprint density at radius 1 is 1.50 bits per heavy atom. The molecular weight excluding hydrogens is 100 g/mol. The zero-order valence-corrected chi connectivity index (χ0v) is 4.68. The predicted molar refractivity (Wildman–Crippen MR) is 30.4 cm³/mol. The van der Waals surface area contributed by atoms with Crippen molar-refractivity contribution in [3.8, 4) is 0 Å². The molecule has 42 valence electrons. The van der Waals surface area contributed by atoms with E-state index in [1.807, 2.05) is 0 Å². The Morgan fingerprint density at radius 3 is 2.62 bits per heavy atom. The first kappa shape index (κ1) is 4.30. The molecule has 0 heterocycles. The van der Waals surface area contributed by atoms with Crippen LogP contribution in [0.2, 0.25) is 0 Å². The molecule has 1 atom stereocenters. The molecule has 2 rings (SSSR count). The van der Waals surface area contributed by atoms with Crippen LogP contribution in [0.25, 0.3) is 0 Å². The summed E-state index contributed by atoms with van der Waals surface area (Å²) in [6.45, 7) is 0. The predicted octanol–water partition coefficient (Wildman–Crippen LogP) is 1.30. The summed E-state index contributed by atoms with van der Waals surface area (Å²) in [5, 5.41) is 0. The summed E-state index contributed by atoms with van der Waals surface area (Å²) in [5.74, 6) is 1.11. The van der Waals surface area contributed by atoms with Crippen molar-refractivity contribution in [2.75, 3.05) is 0 Å². The Hall–Kier alpha value is -0.590. The number of allylic oxidation sites excluding steroid dienone is 2. The van der Waals surface area contributed by atoms with Crippen molar-refractivity contribution < 1.29 is 4.79 Å². The van der Waals surface area contributed by atoms with Gasteiger partial charge < -0.3 is 0 Å². The molecule has 1 saturated carbocycles. The lowest BCUT2D eigenvalue weighted by Crippen LogP contribution is -1.97. The first-order valence-electron chi connectivity index (χ1n) is 3.08. The van der Waals surface area contributed by atoms with E-state index in [1.165, 1.54) is 6.42 Å². The van der Waals surface area contributed by atoms with Crippen LogP contribution < -0.4 is 0 Å². The first-order valence-corrected chi connectivity index (χ1v) is 3.08. The van der Waals surface area contributed by atoms with E-state index >= 15 is 0 Å². The minimum atomic E-state index is 0.404. The van der Waals surface area contributed by atoms with Gasteiger partial charge in [0.15, 0.2) is 5.78 Å². The van der Waals surface area contributed by atoms with Crippen LogP contribution in [0.15, 0.2) is 11.6 Å². The van der Waals surface area contributed by atoms with Crippen molar-refractivity contribution in [3.63, 3.8) is 0 Å². The van der Waals surface area contributed by atoms with E-state index in [0.29, 0.717) is 11.7 Å². The lowest BCUT2D eigenvalue weighted by molar-refractivity contribution is -0.115. The molecule has 0 aromatic carbocycles. The molecule has 1 nitrogen and oxygen atoms in total. The summed E-state index contributed by atoms with van der Waals surface area (Å²) >= 11 is 0. The average molecular weight is 108 g/mol. The van der Waals surface area contributed by atoms with Crippen LogP contribution >= 0.6 is 0 Å².